The van der Waals surface area contributed by atoms with Gasteiger partial charge in [0.1, 0.15) is 0 Å². The van der Waals surface area contributed by atoms with Crippen molar-refractivity contribution in [1.82, 2.24) is 0 Å². The van der Waals surface area contributed by atoms with E-state index in [1.165, 1.54) is 103 Å². The zero-order chi connectivity index (χ0) is 15.6. The molecule has 1 atom stereocenters. The second-order valence-electron chi connectivity index (χ2n) is 6.97. The molecule has 0 aromatic rings. The van der Waals surface area contributed by atoms with E-state index in [-0.39, 0.29) is 0 Å². The van der Waals surface area contributed by atoms with Crippen LogP contribution in [0.25, 0.3) is 0 Å². The highest BCUT2D eigenvalue weighted by Crippen LogP contribution is 2.22. The lowest BCUT2D eigenvalue weighted by Crippen LogP contribution is -2.00. The molecule has 1 unspecified atom stereocenters. The summed E-state index contributed by atoms with van der Waals surface area (Å²) in [5.41, 5.74) is 0. The zero-order valence-corrected chi connectivity index (χ0v) is 15.3. The fourth-order valence-electron chi connectivity index (χ4n) is 3.33. The zero-order valence-electron chi connectivity index (χ0n) is 15.3. The molecule has 0 N–H and O–H groups in total. The molecule has 0 rings (SSSR count). The van der Waals surface area contributed by atoms with Crippen LogP contribution in [0.2, 0.25) is 0 Å². The van der Waals surface area contributed by atoms with Gasteiger partial charge in [-0.25, -0.2) is 0 Å². The van der Waals surface area contributed by atoms with Crippen LogP contribution in [0.4, 0.5) is 0 Å². The summed E-state index contributed by atoms with van der Waals surface area (Å²) in [4.78, 5) is 0. The Morgan fingerprint density at radius 3 is 1.33 bits per heavy atom. The van der Waals surface area contributed by atoms with Gasteiger partial charge in [-0.3, -0.25) is 0 Å². The van der Waals surface area contributed by atoms with Crippen molar-refractivity contribution in [3.63, 3.8) is 0 Å². The quantitative estimate of drug-likeness (QED) is 0.238. The molecule has 0 nitrogen and oxygen atoms in total. The SMILES string of the molecule is [CH2]CCC(CCCCCC)CCCCCCCCCCC. The fourth-order valence-corrected chi connectivity index (χ4v) is 3.33. The van der Waals surface area contributed by atoms with Crippen LogP contribution in [0.15, 0.2) is 0 Å². The van der Waals surface area contributed by atoms with Gasteiger partial charge in [0, 0.05) is 0 Å². The molecular weight excluding hydrogens is 252 g/mol. The average Bonchev–Trinajstić information content (AvgIpc) is 2.49. The minimum atomic E-state index is 0.976. The third-order valence-electron chi connectivity index (χ3n) is 4.79. The normalized spacial score (nSPS) is 12.7. The molecule has 0 heteroatoms. The van der Waals surface area contributed by atoms with E-state index in [9.17, 15) is 0 Å². The molecule has 0 aliphatic rings. The van der Waals surface area contributed by atoms with Crippen molar-refractivity contribution in [2.45, 2.75) is 123 Å². The van der Waals surface area contributed by atoms with Crippen molar-refractivity contribution >= 4 is 0 Å². The van der Waals surface area contributed by atoms with Crippen LogP contribution < -0.4 is 0 Å². The van der Waals surface area contributed by atoms with Gasteiger partial charge in [-0.1, -0.05) is 130 Å². The molecule has 0 aliphatic heterocycles. The summed E-state index contributed by atoms with van der Waals surface area (Å²) in [6.07, 6.45) is 24.2. The summed E-state index contributed by atoms with van der Waals surface area (Å²) in [6.45, 7) is 8.66. The fraction of sp³-hybridized carbons (Fsp3) is 0.952. The smallest absolute Gasteiger partial charge is 0.0414 e. The summed E-state index contributed by atoms with van der Waals surface area (Å²) < 4.78 is 0. The maximum Gasteiger partial charge on any atom is -0.0414 e. The van der Waals surface area contributed by atoms with Crippen molar-refractivity contribution in [3.8, 4) is 0 Å². The Kier molecular flexibility index (Phi) is 18.1. The van der Waals surface area contributed by atoms with E-state index >= 15 is 0 Å². The summed E-state index contributed by atoms with van der Waals surface area (Å²) in [6, 6.07) is 0. The summed E-state index contributed by atoms with van der Waals surface area (Å²) >= 11 is 0. The molecule has 0 amide bonds. The van der Waals surface area contributed by atoms with Crippen LogP contribution in [0.3, 0.4) is 0 Å². The second-order valence-corrected chi connectivity index (χ2v) is 6.97. The minimum Gasteiger partial charge on any atom is -0.0654 e. The predicted molar refractivity (Wildman–Crippen MR) is 98.7 cm³/mol. The number of hydrogen-bond acceptors (Lipinski definition) is 0. The van der Waals surface area contributed by atoms with Gasteiger partial charge in [-0.15, -0.1) is 0 Å². The predicted octanol–water partition coefficient (Wildman–Crippen LogP) is 8.11. The van der Waals surface area contributed by atoms with Gasteiger partial charge < -0.3 is 0 Å². The largest absolute Gasteiger partial charge is 0.0654 e. The van der Waals surface area contributed by atoms with Gasteiger partial charge in [-0.2, -0.15) is 0 Å². The van der Waals surface area contributed by atoms with E-state index in [1.807, 2.05) is 0 Å². The first-order valence-electron chi connectivity index (χ1n) is 10.1. The molecule has 0 bridgehead atoms. The molecular formula is C21H43. The first kappa shape index (κ1) is 21.0. The highest BCUT2D eigenvalue weighted by molar-refractivity contribution is 4.62. The lowest BCUT2D eigenvalue weighted by Gasteiger charge is -2.15. The van der Waals surface area contributed by atoms with Gasteiger partial charge >= 0.3 is 0 Å². The van der Waals surface area contributed by atoms with Crippen LogP contribution in [0.1, 0.15) is 123 Å². The van der Waals surface area contributed by atoms with Crippen LogP contribution in [0.5, 0.6) is 0 Å². The Balaban J connectivity index is 3.38. The summed E-state index contributed by atoms with van der Waals surface area (Å²) in [5.74, 6) is 0.976. The first-order chi connectivity index (χ1) is 10.3. The van der Waals surface area contributed by atoms with Crippen molar-refractivity contribution in [2.24, 2.45) is 5.92 Å². The second kappa shape index (κ2) is 18.1. The Morgan fingerprint density at radius 1 is 0.524 bits per heavy atom. The maximum absolute atomic E-state index is 4.06. The van der Waals surface area contributed by atoms with Crippen molar-refractivity contribution in [3.05, 3.63) is 6.92 Å². The van der Waals surface area contributed by atoms with Crippen LogP contribution in [-0.2, 0) is 0 Å². The highest BCUT2D eigenvalue weighted by atomic mass is 14.1. The first-order valence-corrected chi connectivity index (χ1v) is 10.1. The van der Waals surface area contributed by atoms with Crippen molar-refractivity contribution in [2.75, 3.05) is 0 Å². The molecule has 0 fully saturated rings. The van der Waals surface area contributed by atoms with Crippen LogP contribution in [-0.4, -0.2) is 0 Å². The van der Waals surface area contributed by atoms with E-state index < -0.39 is 0 Å². The maximum atomic E-state index is 4.06. The molecule has 0 heterocycles. The molecule has 0 saturated carbocycles. The van der Waals surface area contributed by atoms with Gasteiger partial charge in [0.15, 0.2) is 0 Å². The molecule has 0 aliphatic carbocycles. The van der Waals surface area contributed by atoms with Crippen LogP contribution >= 0.6 is 0 Å². The van der Waals surface area contributed by atoms with Gasteiger partial charge in [-0.05, 0) is 5.92 Å². The number of hydrogen-bond donors (Lipinski definition) is 0. The summed E-state index contributed by atoms with van der Waals surface area (Å²) in [5, 5.41) is 0. The standard InChI is InChI=1S/C21H43/c1-4-7-9-11-12-13-14-15-17-20-21(18-6-3)19-16-10-8-5-2/h21H,3-20H2,1-2H3. The molecule has 0 saturated heterocycles. The molecule has 21 heavy (non-hydrogen) atoms. The monoisotopic (exact) mass is 295 g/mol. The van der Waals surface area contributed by atoms with Gasteiger partial charge in [0.2, 0.25) is 0 Å². The van der Waals surface area contributed by atoms with Crippen molar-refractivity contribution in [1.29, 1.82) is 0 Å². The van der Waals surface area contributed by atoms with E-state index in [4.69, 9.17) is 0 Å². The van der Waals surface area contributed by atoms with Gasteiger partial charge in [0.05, 0.1) is 0 Å². The number of unbranched alkanes of at least 4 members (excludes halogenated alkanes) is 11. The topological polar surface area (TPSA) is 0 Å². The Bertz CT molecular complexity index is 173. The van der Waals surface area contributed by atoms with E-state index in [2.05, 4.69) is 20.8 Å². The lowest BCUT2D eigenvalue weighted by atomic mass is 9.91. The Hall–Kier alpha value is 0. The molecule has 127 valence electrons. The molecule has 1 radical (unpaired) electrons. The third-order valence-corrected chi connectivity index (χ3v) is 4.79. The Morgan fingerprint density at radius 2 is 0.905 bits per heavy atom. The van der Waals surface area contributed by atoms with Crippen molar-refractivity contribution < 1.29 is 0 Å². The third kappa shape index (κ3) is 16.2. The summed E-state index contributed by atoms with van der Waals surface area (Å²) in [7, 11) is 0. The molecule has 0 spiro atoms. The highest BCUT2D eigenvalue weighted by Gasteiger charge is 2.07. The van der Waals surface area contributed by atoms with Gasteiger partial charge in [0.25, 0.3) is 0 Å². The van der Waals surface area contributed by atoms with E-state index in [0.29, 0.717) is 0 Å². The number of rotatable bonds is 17. The van der Waals surface area contributed by atoms with E-state index in [0.717, 1.165) is 12.3 Å². The van der Waals surface area contributed by atoms with Crippen LogP contribution in [0, 0.1) is 12.8 Å². The molecule has 0 aromatic heterocycles. The molecule has 0 aromatic carbocycles. The average molecular weight is 296 g/mol. The minimum absolute atomic E-state index is 0.976. The lowest BCUT2D eigenvalue weighted by molar-refractivity contribution is 0.383. The Labute approximate surface area is 136 Å². The van der Waals surface area contributed by atoms with E-state index in [1.54, 1.807) is 0 Å².